The van der Waals surface area contributed by atoms with E-state index in [0.717, 1.165) is 0 Å². The molecule has 0 bridgehead atoms. The summed E-state index contributed by atoms with van der Waals surface area (Å²) in [6, 6.07) is 3.48. The van der Waals surface area contributed by atoms with Gasteiger partial charge in [-0.25, -0.2) is 19.3 Å². The van der Waals surface area contributed by atoms with Gasteiger partial charge in [0.2, 0.25) is 0 Å². The van der Waals surface area contributed by atoms with E-state index in [9.17, 15) is 9.18 Å². The lowest BCUT2D eigenvalue weighted by Gasteiger charge is -2.28. The molecule has 25 heavy (non-hydrogen) atoms. The molecule has 4 heterocycles. The van der Waals surface area contributed by atoms with Crippen molar-refractivity contribution in [2.45, 2.75) is 19.0 Å². The number of likely N-dealkylation sites (tertiary alicyclic amines) is 1. The number of fused-ring (bicyclic) bond motifs is 1. The Bertz CT molecular complexity index is 921. The van der Waals surface area contributed by atoms with Crippen LogP contribution in [0.25, 0.3) is 16.9 Å². The third-order valence-corrected chi connectivity index (χ3v) is 4.67. The Kier molecular flexibility index (Phi) is 4.09. The van der Waals surface area contributed by atoms with Gasteiger partial charge in [-0.3, -0.25) is 9.36 Å². The molecule has 1 aliphatic rings. The first-order valence-electron chi connectivity index (χ1n) is 8.00. The number of aromatic nitrogens is 4. The summed E-state index contributed by atoms with van der Waals surface area (Å²) in [5.41, 5.74) is 1.06. The van der Waals surface area contributed by atoms with E-state index in [1.165, 1.54) is 12.5 Å². The lowest BCUT2D eigenvalue weighted by molar-refractivity contribution is 0.0667. The number of carbonyl (C=O) groups excluding carboxylic acids is 1. The Hall–Kier alpha value is -2.54. The molecule has 0 aromatic carbocycles. The molecule has 0 aliphatic carbocycles. The van der Waals surface area contributed by atoms with Gasteiger partial charge in [-0.05, 0) is 25.0 Å². The summed E-state index contributed by atoms with van der Waals surface area (Å²) in [6.45, 7) is 0.849. The van der Waals surface area contributed by atoms with Crippen LogP contribution in [0.15, 0.2) is 37.1 Å². The second kappa shape index (κ2) is 6.40. The smallest absolute Gasteiger partial charge is 0.255 e. The zero-order valence-electron chi connectivity index (χ0n) is 13.3. The molecule has 0 spiro atoms. The van der Waals surface area contributed by atoms with Gasteiger partial charge >= 0.3 is 0 Å². The summed E-state index contributed by atoms with van der Waals surface area (Å²) >= 11 is 6.33. The minimum Gasteiger partial charge on any atom is -0.338 e. The van der Waals surface area contributed by atoms with E-state index in [-0.39, 0.29) is 5.91 Å². The van der Waals surface area contributed by atoms with Gasteiger partial charge < -0.3 is 4.90 Å². The highest BCUT2D eigenvalue weighted by atomic mass is 35.5. The van der Waals surface area contributed by atoms with Crippen molar-refractivity contribution in [1.82, 2.24) is 24.4 Å². The lowest BCUT2D eigenvalue weighted by atomic mass is 10.1. The predicted octanol–water partition coefficient (Wildman–Crippen LogP) is 3.04. The van der Waals surface area contributed by atoms with Crippen LogP contribution in [-0.2, 0) is 0 Å². The lowest BCUT2D eigenvalue weighted by Crippen LogP contribution is -2.39. The number of piperidine rings is 1. The van der Waals surface area contributed by atoms with Crippen LogP contribution in [0.4, 0.5) is 4.39 Å². The van der Waals surface area contributed by atoms with Gasteiger partial charge in [0.15, 0.2) is 0 Å². The van der Waals surface area contributed by atoms with Crippen LogP contribution in [-0.4, -0.2) is 49.6 Å². The molecule has 1 fully saturated rings. The monoisotopic (exact) mass is 359 g/mol. The van der Waals surface area contributed by atoms with E-state index in [4.69, 9.17) is 11.6 Å². The SMILES string of the molecule is O=C(c1cnc2c(c1)c(Cl)cn2-c1ccncn1)N1CCC(F)CC1. The molecule has 8 heteroatoms. The van der Waals surface area contributed by atoms with Gasteiger partial charge in [-0.15, -0.1) is 0 Å². The maximum Gasteiger partial charge on any atom is 0.255 e. The van der Waals surface area contributed by atoms with Crippen LogP contribution in [0.3, 0.4) is 0 Å². The fourth-order valence-corrected chi connectivity index (χ4v) is 3.26. The van der Waals surface area contributed by atoms with Gasteiger partial charge in [-0.1, -0.05) is 11.6 Å². The van der Waals surface area contributed by atoms with Crippen molar-refractivity contribution in [3.8, 4) is 5.82 Å². The molecule has 1 saturated heterocycles. The molecule has 0 radical (unpaired) electrons. The van der Waals surface area contributed by atoms with Gasteiger partial charge in [0.25, 0.3) is 5.91 Å². The highest BCUT2D eigenvalue weighted by Gasteiger charge is 2.24. The standard InChI is InChI=1S/C17H15ClFN5O/c18-14-9-24(15-1-4-20-10-22-15)16-13(14)7-11(8-21-16)17(25)23-5-2-12(19)3-6-23/h1,4,7-10,12H,2-3,5-6H2. The van der Waals surface area contributed by atoms with Crippen molar-refractivity contribution in [2.24, 2.45) is 0 Å². The third-order valence-electron chi connectivity index (χ3n) is 4.37. The molecular weight excluding hydrogens is 345 g/mol. The Morgan fingerprint density at radius 3 is 2.80 bits per heavy atom. The molecule has 3 aromatic rings. The van der Waals surface area contributed by atoms with Gasteiger partial charge in [-0.2, -0.15) is 0 Å². The highest BCUT2D eigenvalue weighted by molar-refractivity contribution is 6.35. The quantitative estimate of drug-likeness (QED) is 0.705. The number of pyridine rings is 1. The maximum absolute atomic E-state index is 13.3. The van der Waals surface area contributed by atoms with Crippen molar-refractivity contribution in [2.75, 3.05) is 13.1 Å². The summed E-state index contributed by atoms with van der Waals surface area (Å²) in [5.74, 6) is 0.496. The van der Waals surface area contributed by atoms with Gasteiger partial charge in [0.05, 0.1) is 10.6 Å². The van der Waals surface area contributed by atoms with Crippen LogP contribution >= 0.6 is 11.6 Å². The predicted molar refractivity (Wildman–Crippen MR) is 91.7 cm³/mol. The first-order chi connectivity index (χ1) is 12.1. The number of halogens is 2. The van der Waals surface area contributed by atoms with Crippen molar-refractivity contribution in [1.29, 1.82) is 0 Å². The van der Waals surface area contributed by atoms with Crippen LogP contribution in [0, 0.1) is 0 Å². The second-order valence-electron chi connectivity index (χ2n) is 5.98. The van der Waals surface area contributed by atoms with Crippen molar-refractivity contribution in [3.63, 3.8) is 0 Å². The van der Waals surface area contributed by atoms with E-state index in [1.54, 1.807) is 34.0 Å². The van der Waals surface area contributed by atoms with E-state index >= 15 is 0 Å². The Morgan fingerprint density at radius 1 is 1.28 bits per heavy atom. The van der Waals surface area contributed by atoms with Crippen LogP contribution in [0.1, 0.15) is 23.2 Å². The average molecular weight is 360 g/mol. The number of hydrogen-bond acceptors (Lipinski definition) is 4. The summed E-state index contributed by atoms with van der Waals surface area (Å²) in [6.07, 6.45) is 6.26. The molecule has 0 unspecified atom stereocenters. The largest absolute Gasteiger partial charge is 0.338 e. The molecule has 3 aromatic heterocycles. The molecule has 128 valence electrons. The number of hydrogen-bond donors (Lipinski definition) is 0. The molecule has 6 nitrogen and oxygen atoms in total. The number of amides is 1. The number of rotatable bonds is 2. The average Bonchev–Trinajstić information content (AvgIpc) is 2.99. The number of carbonyl (C=O) groups is 1. The third kappa shape index (κ3) is 2.95. The Labute approximate surface area is 148 Å². The molecule has 0 N–H and O–H groups in total. The summed E-state index contributed by atoms with van der Waals surface area (Å²) in [4.78, 5) is 26.8. The minimum atomic E-state index is -0.819. The maximum atomic E-state index is 13.3. The second-order valence-corrected chi connectivity index (χ2v) is 6.38. The molecule has 1 amide bonds. The zero-order valence-corrected chi connectivity index (χ0v) is 14.0. The summed E-state index contributed by atoms with van der Waals surface area (Å²) in [5, 5.41) is 1.16. The molecular formula is C17H15ClFN5O. The molecule has 0 saturated carbocycles. The van der Waals surface area contributed by atoms with Crippen molar-refractivity contribution < 1.29 is 9.18 Å². The van der Waals surface area contributed by atoms with E-state index in [2.05, 4.69) is 15.0 Å². The van der Waals surface area contributed by atoms with Crippen molar-refractivity contribution >= 4 is 28.5 Å². The summed E-state index contributed by atoms with van der Waals surface area (Å²) < 4.78 is 15.0. The van der Waals surface area contributed by atoms with Crippen LogP contribution < -0.4 is 0 Å². The molecule has 0 atom stereocenters. The molecule has 4 rings (SSSR count). The Balaban J connectivity index is 1.69. The van der Waals surface area contributed by atoms with E-state index in [0.29, 0.717) is 53.4 Å². The fraction of sp³-hybridized carbons (Fsp3) is 0.294. The van der Waals surface area contributed by atoms with Crippen molar-refractivity contribution in [3.05, 3.63) is 47.6 Å². The van der Waals surface area contributed by atoms with Gasteiger partial charge in [0, 0.05) is 37.1 Å². The Morgan fingerprint density at radius 2 is 2.08 bits per heavy atom. The first-order valence-corrected chi connectivity index (χ1v) is 8.37. The van der Waals surface area contributed by atoms with E-state index in [1.807, 2.05) is 0 Å². The normalized spacial score (nSPS) is 15.7. The molecule has 1 aliphatic heterocycles. The highest BCUT2D eigenvalue weighted by Crippen LogP contribution is 2.28. The number of nitrogens with zero attached hydrogens (tertiary/aromatic N) is 5. The summed E-state index contributed by atoms with van der Waals surface area (Å²) in [7, 11) is 0. The topological polar surface area (TPSA) is 63.9 Å². The zero-order chi connectivity index (χ0) is 17.4. The first kappa shape index (κ1) is 16.0. The fourth-order valence-electron chi connectivity index (χ4n) is 3.02. The minimum absolute atomic E-state index is 0.146. The number of alkyl halides is 1. The van der Waals surface area contributed by atoms with Crippen LogP contribution in [0.2, 0.25) is 5.02 Å². The van der Waals surface area contributed by atoms with Crippen LogP contribution in [0.5, 0.6) is 0 Å². The van der Waals surface area contributed by atoms with E-state index < -0.39 is 6.17 Å². The van der Waals surface area contributed by atoms with Gasteiger partial charge in [0.1, 0.15) is 24.0 Å².